The van der Waals surface area contributed by atoms with Crippen molar-refractivity contribution in [3.05, 3.63) is 11.9 Å². The van der Waals surface area contributed by atoms with E-state index in [1.165, 1.54) is 25.7 Å². The van der Waals surface area contributed by atoms with Crippen LogP contribution in [0.5, 0.6) is 0 Å². The number of allylic oxidation sites excluding steroid dienone is 1. The molecule has 0 rings (SSSR count). The zero-order valence-corrected chi connectivity index (χ0v) is 11.2. The Kier molecular flexibility index (Phi) is 9.10. The first-order valence-corrected chi connectivity index (χ1v) is 6.53. The minimum atomic E-state index is 0.685. The molecule has 0 fully saturated rings. The Morgan fingerprint density at radius 1 is 1.25 bits per heavy atom. The van der Waals surface area contributed by atoms with Crippen molar-refractivity contribution in [3.63, 3.8) is 0 Å². The molecule has 0 aliphatic heterocycles. The molecule has 0 saturated carbocycles. The molecule has 3 nitrogen and oxygen atoms in total. The summed E-state index contributed by atoms with van der Waals surface area (Å²) in [6.07, 6.45) is 8.96. The summed E-state index contributed by atoms with van der Waals surface area (Å²) in [6.45, 7) is 7.50. The van der Waals surface area contributed by atoms with Gasteiger partial charge in [-0.05, 0) is 25.2 Å². The number of hydrazine groups is 1. The summed E-state index contributed by atoms with van der Waals surface area (Å²) >= 11 is 0. The zero-order valence-electron chi connectivity index (χ0n) is 11.2. The fraction of sp³-hybridized carbons (Fsp3) is 0.846. The highest BCUT2D eigenvalue weighted by Gasteiger charge is 1.98. The van der Waals surface area contributed by atoms with E-state index in [2.05, 4.69) is 20.8 Å². The normalized spacial score (nSPS) is 12.2. The highest BCUT2D eigenvalue weighted by molar-refractivity contribution is 4.94. The zero-order chi connectivity index (χ0) is 12.4. The lowest BCUT2D eigenvalue weighted by molar-refractivity contribution is 0.354. The molecule has 0 aromatic heterocycles. The van der Waals surface area contributed by atoms with E-state index < -0.39 is 0 Å². The van der Waals surface area contributed by atoms with E-state index in [1.54, 1.807) is 5.01 Å². The highest BCUT2D eigenvalue weighted by Crippen LogP contribution is 2.07. The third-order valence-electron chi connectivity index (χ3n) is 2.62. The lowest BCUT2D eigenvalue weighted by atomic mass is 10.1. The molecule has 16 heavy (non-hydrogen) atoms. The molecule has 0 saturated heterocycles. The molecule has 0 spiro atoms. The molecule has 96 valence electrons. The predicted octanol–water partition coefficient (Wildman–Crippen LogP) is 2.98. The third-order valence-corrected chi connectivity index (χ3v) is 2.62. The number of hydrogen-bond acceptors (Lipinski definition) is 3. The second-order valence-electron chi connectivity index (χ2n) is 4.94. The van der Waals surface area contributed by atoms with Gasteiger partial charge in [-0.25, -0.2) is 5.84 Å². The molecule has 0 heterocycles. The van der Waals surface area contributed by atoms with E-state index in [-0.39, 0.29) is 0 Å². The molecule has 0 aromatic carbocycles. The first kappa shape index (κ1) is 15.3. The Labute approximate surface area is 101 Å². The fourth-order valence-electron chi connectivity index (χ4n) is 1.51. The van der Waals surface area contributed by atoms with Crippen LogP contribution in [0.2, 0.25) is 0 Å². The monoisotopic (exact) mass is 227 g/mol. The maximum absolute atomic E-state index is 5.90. The van der Waals surface area contributed by atoms with Crippen LogP contribution in [0.15, 0.2) is 11.9 Å². The van der Waals surface area contributed by atoms with Gasteiger partial charge in [-0.3, -0.25) is 0 Å². The number of unbranched alkanes of at least 4 members (excludes halogenated alkanes) is 3. The van der Waals surface area contributed by atoms with Crippen molar-refractivity contribution in [2.24, 2.45) is 17.5 Å². The molecule has 0 aromatic rings. The Bertz CT molecular complexity index is 188. The largest absolute Gasteiger partial charge is 0.401 e. The summed E-state index contributed by atoms with van der Waals surface area (Å²) in [5, 5.41) is 1.72. The summed E-state index contributed by atoms with van der Waals surface area (Å²) < 4.78 is 0. The van der Waals surface area contributed by atoms with Crippen molar-refractivity contribution >= 4 is 0 Å². The minimum Gasteiger partial charge on any atom is -0.401 e. The second-order valence-corrected chi connectivity index (χ2v) is 4.94. The van der Waals surface area contributed by atoms with Gasteiger partial charge in [0.15, 0.2) is 0 Å². The standard InChI is InChI=1S/C13H29N3/c1-4-5-6-7-8-13(14)11-16(15)10-9-12(2)3/h11-12H,4-10,14-15H2,1-3H3/b13-11-. The lowest BCUT2D eigenvalue weighted by Gasteiger charge is -2.16. The van der Waals surface area contributed by atoms with Gasteiger partial charge in [-0.1, -0.05) is 40.0 Å². The van der Waals surface area contributed by atoms with Gasteiger partial charge in [0.25, 0.3) is 0 Å². The van der Waals surface area contributed by atoms with Gasteiger partial charge in [0, 0.05) is 18.4 Å². The topological polar surface area (TPSA) is 55.3 Å². The van der Waals surface area contributed by atoms with E-state index in [4.69, 9.17) is 11.6 Å². The van der Waals surface area contributed by atoms with Crippen LogP contribution in [0.4, 0.5) is 0 Å². The van der Waals surface area contributed by atoms with Crippen LogP contribution in [0.25, 0.3) is 0 Å². The van der Waals surface area contributed by atoms with Crippen molar-refractivity contribution in [1.29, 1.82) is 0 Å². The molecule has 0 unspecified atom stereocenters. The van der Waals surface area contributed by atoms with Crippen LogP contribution in [0.3, 0.4) is 0 Å². The van der Waals surface area contributed by atoms with Crippen LogP contribution >= 0.6 is 0 Å². The van der Waals surface area contributed by atoms with Gasteiger partial charge in [-0.2, -0.15) is 0 Å². The molecular weight excluding hydrogens is 198 g/mol. The second kappa shape index (κ2) is 9.52. The molecule has 3 heteroatoms. The van der Waals surface area contributed by atoms with Crippen molar-refractivity contribution in [2.45, 2.75) is 59.3 Å². The first-order valence-electron chi connectivity index (χ1n) is 6.53. The Morgan fingerprint density at radius 2 is 1.94 bits per heavy atom. The molecule has 0 aliphatic carbocycles. The molecule has 0 atom stereocenters. The van der Waals surface area contributed by atoms with Gasteiger partial charge >= 0.3 is 0 Å². The Hall–Kier alpha value is -0.700. The van der Waals surface area contributed by atoms with Crippen molar-refractivity contribution in [1.82, 2.24) is 5.01 Å². The maximum Gasteiger partial charge on any atom is 0.0342 e. The van der Waals surface area contributed by atoms with Crippen LogP contribution in [-0.4, -0.2) is 11.6 Å². The summed E-state index contributed by atoms with van der Waals surface area (Å²) in [5.41, 5.74) is 6.81. The van der Waals surface area contributed by atoms with Crippen LogP contribution < -0.4 is 11.6 Å². The molecule has 0 amide bonds. The Morgan fingerprint density at radius 3 is 2.50 bits per heavy atom. The van der Waals surface area contributed by atoms with Crippen LogP contribution in [0.1, 0.15) is 59.3 Å². The predicted molar refractivity (Wildman–Crippen MR) is 71.4 cm³/mol. The van der Waals surface area contributed by atoms with E-state index in [1.807, 2.05) is 6.20 Å². The van der Waals surface area contributed by atoms with Crippen molar-refractivity contribution in [3.8, 4) is 0 Å². The summed E-state index contributed by atoms with van der Waals surface area (Å²) in [4.78, 5) is 0. The third kappa shape index (κ3) is 9.84. The lowest BCUT2D eigenvalue weighted by Crippen LogP contribution is -2.28. The fourth-order valence-corrected chi connectivity index (χ4v) is 1.51. The van der Waals surface area contributed by atoms with Gasteiger partial charge in [0.2, 0.25) is 0 Å². The number of hydrogen-bond donors (Lipinski definition) is 2. The first-order chi connectivity index (χ1) is 7.56. The smallest absolute Gasteiger partial charge is 0.0342 e. The van der Waals surface area contributed by atoms with E-state index in [0.717, 1.165) is 25.1 Å². The van der Waals surface area contributed by atoms with Crippen LogP contribution in [0, 0.1) is 5.92 Å². The maximum atomic E-state index is 5.90. The molecule has 4 N–H and O–H groups in total. The van der Waals surface area contributed by atoms with Gasteiger partial charge in [0.1, 0.15) is 0 Å². The molecule has 0 aliphatic rings. The quantitative estimate of drug-likeness (QED) is 0.362. The van der Waals surface area contributed by atoms with Crippen LogP contribution in [-0.2, 0) is 0 Å². The minimum absolute atomic E-state index is 0.685. The molecule has 0 radical (unpaired) electrons. The number of nitrogens with two attached hydrogens (primary N) is 2. The summed E-state index contributed by atoms with van der Waals surface area (Å²) in [6, 6.07) is 0. The molecular formula is C13H29N3. The SMILES string of the molecule is CCCCCC/C(N)=C/N(N)CCC(C)C. The van der Waals surface area contributed by atoms with Gasteiger partial charge in [0.05, 0.1) is 0 Å². The molecule has 0 bridgehead atoms. The number of rotatable bonds is 9. The highest BCUT2D eigenvalue weighted by atomic mass is 15.4. The van der Waals surface area contributed by atoms with E-state index in [0.29, 0.717) is 5.92 Å². The van der Waals surface area contributed by atoms with E-state index >= 15 is 0 Å². The van der Waals surface area contributed by atoms with Gasteiger partial charge < -0.3 is 10.7 Å². The Balaban J connectivity index is 3.65. The summed E-state index contributed by atoms with van der Waals surface area (Å²) in [5.74, 6) is 6.52. The van der Waals surface area contributed by atoms with E-state index in [9.17, 15) is 0 Å². The number of nitrogens with zero attached hydrogens (tertiary/aromatic N) is 1. The van der Waals surface area contributed by atoms with Crippen molar-refractivity contribution in [2.75, 3.05) is 6.54 Å². The van der Waals surface area contributed by atoms with Gasteiger partial charge in [-0.15, -0.1) is 0 Å². The summed E-state index contributed by atoms with van der Waals surface area (Å²) in [7, 11) is 0. The van der Waals surface area contributed by atoms with Crippen molar-refractivity contribution < 1.29 is 0 Å². The average molecular weight is 227 g/mol. The average Bonchev–Trinajstić information content (AvgIpc) is 2.21.